The fourth-order valence-electron chi connectivity index (χ4n) is 2.38. The first kappa shape index (κ1) is 10.5. The lowest BCUT2D eigenvalue weighted by Gasteiger charge is -2.22. The summed E-state index contributed by atoms with van der Waals surface area (Å²) in [6, 6.07) is 12.9. The topological polar surface area (TPSA) is 0 Å². The molecule has 2 aromatic carbocycles. The second kappa shape index (κ2) is 4.01. The lowest BCUT2D eigenvalue weighted by Crippen LogP contribution is -2.04. The van der Waals surface area contributed by atoms with Crippen LogP contribution in [0, 0.1) is 0 Å². The maximum Gasteiger partial charge on any atom is 0.0257 e. The van der Waals surface area contributed by atoms with Gasteiger partial charge in [-0.1, -0.05) is 56.1 Å². The highest BCUT2D eigenvalue weighted by Gasteiger charge is 2.19. The molecule has 1 aliphatic carbocycles. The molecule has 0 atom stereocenters. The number of fused-ring (bicyclic) bond motifs is 3. The van der Waals surface area contributed by atoms with E-state index in [-0.39, 0.29) is 0 Å². The molecule has 2 aromatic rings. The molecular weight excluding hydrogens is 328 g/mol. The van der Waals surface area contributed by atoms with Gasteiger partial charge in [-0.15, -0.1) is 0 Å². The van der Waals surface area contributed by atoms with E-state index in [0.29, 0.717) is 0 Å². The molecule has 0 bridgehead atoms. The Bertz CT molecular complexity index is 507. The molecule has 1 aliphatic rings. The molecule has 0 radical (unpaired) electrons. The lowest BCUT2D eigenvalue weighted by molar-refractivity contribution is 0.938. The summed E-state index contributed by atoms with van der Waals surface area (Å²) in [6.45, 7) is 0. The van der Waals surface area contributed by atoms with Crippen LogP contribution >= 0.6 is 31.9 Å². The molecule has 2 heteroatoms. The van der Waals surface area contributed by atoms with E-state index in [1.54, 1.807) is 0 Å². The van der Waals surface area contributed by atoms with Gasteiger partial charge < -0.3 is 0 Å². The van der Waals surface area contributed by atoms with Gasteiger partial charge in [-0.2, -0.15) is 0 Å². The largest absolute Gasteiger partial charge is 0.0608 e. The fraction of sp³-hybridized carbons (Fsp3) is 0.143. The molecule has 0 spiro atoms. The van der Waals surface area contributed by atoms with Gasteiger partial charge in [0, 0.05) is 20.1 Å². The molecule has 0 heterocycles. The first-order valence-corrected chi connectivity index (χ1v) is 6.91. The van der Waals surface area contributed by atoms with Gasteiger partial charge in [-0.05, 0) is 36.1 Å². The Morgan fingerprint density at radius 2 is 1.12 bits per heavy atom. The van der Waals surface area contributed by atoms with Crippen LogP contribution in [0.25, 0.3) is 11.1 Å². The third-order valence-electron chi connectivity index (χ3n) is 3.11. The van der Waals surface area contributed by atoms with Crippen molar-refractivity contribution in [3.63, 3.8) is 0 Å². The summed E-state index contributed by atoms with van der Waals surface area (Å²) >= 11 is 7.33. The van der Waals surface area contributed by atoms with Crippen LogP contribution in [0.15, 0.2) is 45.3 Å². The maximum absolute atomic E-state index is 3.67. The SMILES string of the molecule is Brc1cccc2c1-c1c(Br)cccc1CC2. The van der Waals surface area contributed by atoms with E-state index < -0.39 is 0 Å². The van der Waals surface area contributed by atoms with Gasteiger partial charge in [0.15, 0.2) is 0 Å². The summed E-state index contributed by atoms with van der Waals surface area (Å²) in [5.41, 5.74) is 5.59. The van der Waals surface area contributed by atoms with E-state index >= 15 is 0 Å². The number of hydrogen-bond donors (Lipinski definition) is 0. The highest BCUT2D eigenvalue weighted by molar-refractivity contribution is 9.11. The van der Waals surface area contributed by atoms with E-state index in [1.165, 1.54) is 31.2 Å². The van der Waals surface area contributed by atoms with Crippen molar-refractivity contribution < 1.29 is 0 Å². The summed E-state index contributed by atoms with van der Waals surface area (Å²) in [6.07, 6.45) is 2.27. The normalized spacial score (nSPS) is 13.1. The van der Waals surface area contributed by atoms with E-state index in [0.717, 1.165) is 12.8 Å². The number of benzene rings is 2. The Hall–Kier alpha value is -0.600. The highest BCUT2D eigenvalue weighted by atomic mass is 79.9. The predicted octanol–water partition coefficient (Wildman–Crippen LogP) is 4.98. The van der Waals surface area contributed by atoms with E-state index in [2.05, 4.69) is 68.3 Å². The zero-order valence-electron chi connectivity index (χ0n) is 8.63. The van der Waals surface area contributed by atoms with Crippen LogP contribution in [0.4, 0.5) is 0 Å². The minimum absolute atomic E-state index is 1.14. The van der Waals surface area contributed by atoms with Crippen LogP contribution in [0.1, 0.15) is 11.1 Å². The summed E-state index contributed by atoms with van der Waals surface area (Å²) in [5.74, 6) is 0. The van der Waals surface area contributed by atoms with Crippen molar-refractivity contribution in [1.82, 2.24) is 0 Å². The van der Waals surface area contributed by atoms with Crippen molar-refractivity contribution in [3.05, 3.63) is 56.5 Å². The number of aryl methyl sites for hydroxylation is 2. The van der Waals surface area contributed by atoms with Crippen LogP contribution < -0.4 is 0 Å². The summed E-state index contributed by atoms with van der Waals surface area (Å²) < 4.78 is 2.38. The van der Waals surface area contributed by atoms with Crippen molar-refractivity contribution in [1.29, 1.82) is 0 Å². The van der Waals surface area contributed by atoms with Crippen LogP contribution in [-0.4, -0.2) is 0 Å². The van der Waals surface area contributed by atoms with Crippen molar-refractivity contribution in [2.45, 2.75) is 12.8 Å². The molecular formula is C14H10Br2. The maximum atomic E-state index is 3.67. The van der Waals surface area contributed by atoms with Crippen LogP contribution in [0.5, 0.6) is 0 Å². The van der Waals surface area contributed by atoms with Gasteiger partial charge in [0.1, 0.15) is 0 Å². The summed E-state index contributed by atoms with van der Waals surface area (Å²) in [4.78, 5) is 0. The van der Waals surface area contributed by atoms with E-state index in [4.69, 9.17) is 0 Å². The molecule has 0 fully saturated rings. The lowest BCUT2D eigenvalue weighted by atomic mass is 9.86. The third kappa shape index (κ3) is 1.56. The van der Waals surface area contributed by atoms with Gasteiger partial charge in [-0.25, -0.2) is 0 Å². The molecule has 0 N–H and O–H groups in total. The Morgan fingerprint density at radius 1 is 0.688 bits per heavy atom. The fourth-order valence-corrected chi connectivity index (χ4v) is 3.59. The molecule has 0 unspecified atom stereocenters. The smallest absolute Gasteiger partial charge is 0.0257 e. The number of halogens is 2. The predicted molar refractivity (Wildman–Crippen MR) is 74.7 cm³/mol. The molecule has 0 amide bonds. The average molecular weight is 338 g/mol. The molecule has 0 aliphatic heterocycles. The minimum Gasteiger partial charge on any atom is -0.0608 e. The minimum atomic E-state index is 1.14. The standard InChI is InChI=1S/C14H10Br2/c15-11-5-1-3-9-7-8-10-4-2-6-12(16)14(10)13(9)11/h1-6H,7-8H2. The van der Waals surface area contributed by atoms with Crippen LogP contribution in [-0.2, 0) is 12.8 Å². The molecule has 0 nitrogen and oxygen atoms in total. The zero-order chi connectivity index (χ0) is 11.1. The van der Waals surface area contributed by atoms with Crippen LogP contribution in [0.3, 0.4) is 0 Å². The Labute approximate surface area is 112 Å². The molecule has 0 saturated carbocycles. The van der Waals surface area contributed by atoms with Crippen LogP contribution in [0.2, 0.25) is 0 Å². The van der Waals surface area contributed by atoms with Gasteiger partial charge in [0.05, 0.1) is 0 Å². The monoisotopic (exact) mass is 336 g/mol. The number of hydrogen-bond acceptors (Lipinski definition) is 0. The Kier molecular flexibility index (Phi) is 2.64. The van der Waals surface area contributed by atoms with E-state index in [1.807, 2.05) is 0 Å². The molecule has 0 aromatic heterocycles. The van der Waals surface area contributed by atoms with Gasteiger partial charge >= 0.3 is 0 Å². The molecule has 0 saturated heterocycles. The first-order chi connectivity index (χ1) is 7.77. The summed E-state index contributed by atoms with van der Waals surface area (Å²) in [7, 11) is 0. The zero-order valence-corrected chi connectivity index (χ0v) is 11.8. The first-order valence-electron chi connectivity index (χ1n) is 5.32. The molecule has 16 heavy (non-hydrogen) atoms. The van der Waals surface area contributed by atoms with Crippen molar-refractivity contribution in [2.75, 3.05) is 0 Å². The summed E-state index contributed by atoms with van der Waals surface area (Å²) in [5, 5.41) is 0. The molecule has 80 valence electrons. The number of rotatable bonds is 0. The Balaban J connectivity index is 2.37. The van der Waals surface area contributed by atoms with E-state index in [9.17, 15) is 0 Å². The molecule has 3 rings (SSSR count). The quantitative estimate of drug-likeness (QED) is 0.636. The van der Waals surface area contributed by atoms with Gasteiger partial charge in [0.25, 0.3) is 0 Å². The average Bonchev–Trinajstić information content (AvgIpc) is 2.29. The second-order valence-electron chi connectivity index (χ2n) is 4.05. The Morgan fingerprint density at radius 3 is 1.56 bits per heavy atom. The second-order valence-corrected chi connectivity index (χ2v) is 5.76. The van der Waals surface area contributed by atoms with Gasteiger partial charge in [0.2, 0.25) is 0 Å². The third-order valence-corrected chi connectivity index (χ3v) is 4.44. The van der Waals surface area contributed by atoms with Crippen molar-refractivity contribution in [3.8, 4) is 11.1 Å². The van der Waals surface area contributed by atoms with Crippen molar-refractivity contribution in [2.24, 2.45) is 0 Å². The van der Waals surface area contributed by atoms with Gasteiger partial charge in [-0.3, -0.25) is 0 Å². The highest BCUT2D eigenvalue weighted by Crippen LogP contribution is 2.42. The van der Waals surface area contributed by atoms with Crippen molar-refractivity contribution >= 4 is 31.9 Å².